The minimum atomic E-state index is -0.264. The van der Waals surface area contributed by atoms with E-state index in [2.05, 4.69) is 15.6 Å². The fraction of sp³-hybridized carbons (Fsp3) is 0.292. The Bertz CT molecular complexity index is 1030. The van der Waals surface area contributed by atoms with Crippen molar-refractivity contribution in [3.05, 3.63) is 70.5 Å². The van der Waals surface area contributed by atoms with Crippen LogP contribution in [0.3, 0.4) is 0 Å². The van der Waals surface area contributed by atoms with Gasteiger partial charge in [-0.2, -0.15) is 0 Å². The summed E-state index contributed by atoms with van der Waals surface area (Å²) < 4.78 is 0. The summed E-state index contributed by atoms with van der Waals surface area (Å²) in [5.41, 5.74) is 3.76. The molecule has 0 spiro atoms. The second-order valence-electron chi connectivity index (χ2n) is 7.75. The molecule has 1 saturated heterocycles. The van der Waals surface area contributed by atoms with E-state index >= 15 is 0 Å². The molecule has 2 heterocycles. The number of para-hydroxylation sites is 1. The Morgan fingerprint density at radius 1 is 1.10 bits per heavy atom. The molecular weight excluding hydrogens is 408 g/mol. The van der Waals surface area contributed by atoms with E-state index in [1.54, 1.807) is 0 Å². The van der Waals surface area contributed by atoms with Crippen molar-refractivity contribution >= 4 is 29.0 Å². The van der Waals surface area contributed by atoms with Crippen molar-refractivity contribution in [3.63, 3.8) is 0 Å². The predicted molar refractivity (Wildman–Crippen MR) is 124 cm³/mol. The lowest BCUT2D eigenvalue weighted by molar-refractivity contribution is 0.0615. The van der Waals surface area contributed by atoms with E-state index in [0.717, 1.165) is 36.2 Å². The van der Waals surface area contributed by atoms with Crippen LogP contribution in [0.1, 0.15) is 34.6 Å². The highest BCUT2D eigenvalue weighted by Gasteiger charge is 2.29. The number of carbonyl (C=O) groups excluding carboxylic acids is 2. The average molecular weight is 435 g/mol. The van der Waals surface area contributed by atoms with E-state index in [4.69, 9.17) is 0 Å². The van der Waals surface area contributed by atoms with Gasteiger partial charge in [0.15, 0.2) is 5.01 Å². The summed E-state index contributed by atoms with van der Waals surface area (Å²) in [5.74, 6) is -0.0571. The lowest BCUT2D eigenvalue weighted by Gasteiger charge is -2.35. The number of anilines is 1. The minimum Gasteiger partial charge on any atom is -0.336 e. The zero-order valence-corrected chi connectivity index (χ0v) is 18.3. The maximum atomic E-state index is 13.2. The predicted octanol–water partition coefficient (Wildman–Crippen LogP) is 4.93. The number of nitrogens with zero attached hydrogens (tertiary/aromatic N) is 2. The number of piperidine rings is 1. The molecule has 0 unspecified atom stereocenters. The molecule has 0 aliphatic carbocycles. The summed E-state index contributed by atoms with van der Waals surface area (Å²) >= 11 is 1.38. The quantitative estimate of drug-likeness (QED) is 0.598. The van der Waals surface area contributed by atoms with E-state index in [-0.39, 0.29) is 18.0 Å². The number of aryl methyl sites for hydroxylation is 1. The van der Waals surface area contributed by atoms with Gasteiger partial charge in [-0.05, 0) is 38.3 Å². The van der Waals surface area contributed by atoms with Crippen molar-refractivity contribution < 1.29 is 9.59 Å². The third-order valence-electron chi connectivity index (χ3n) is 5.45. The van der Waals surface area contributed by atoms with E-state index in [1.165, 1.54) is 16.9 Å². The zero-order chi connectivity index (χ0) is 21.6. The third-order valence-corrected chi connectivity index (χ3v) is 6.28. The number of carbonyl (C=O) groups is 2. The number of urea groups is 1. The number of rotatable bonds is 5. The van der Waals surface area contributed by atoms with Crippen molar-refractivity contribution in [2.75, 3.05) is 18.4 Å². The number of benzene rings is 2. The highest BCUT2D eigenvalue weighted by Crippen LogP contribution is 2.25. The second-order valence-corrected chi connectivity index (χ2v) is 8.61. The van der Waals surface area contributed by atoms with E-state index < -0.39 is 0 Å². The molecule has 2 N–H and O–H groups in total. The van der Waals surface area contributed by atoms with Crippen LogP contribution in [0.15, 0.2) is 60.0 Å². The number of hydrogen-bond acceptors (Lipinski definition) is 4. The second kappa shape index (κ2) is 9.75. The normalized spacial score (nSPS) is 16.0. The first-order chi connectivity index (χ1) is 15.1. The van der Waals surface area contributed by atoms with Crippen LogP contribution >= 0.6 is 11.3 Å². The molecule has 7 heteroatoms. The van der Waals surface area contributed by atoms with Crippen LogP contribution in [0.25, 0.3) is 11.3 Å². The molecule has 1 aliphatic heterocycles. The third kappa shape index (κ3) is 5.30. The molecule has 160 valence electrons. The van der Waals surface area contributed by atoms with Gasteiger partial charge in [0.2, 0.25) is 0 Å². The van der Waals surface area contributed by atoms with Gasteiger partial charge in [0.05, 0.1) is 5.69 Å². The van der Waals surface area contributed by atoms with Crippen LogP contribution in [-0.2, 0) is 0 Å². The number of hydrogen-bond donors (Lipinski definition) is 2. The lowest BCUT2D eigenvalue weighted by Crippen LogP contribution is -2.50. The van der Waals surface area contributed by atoms with Crippen LogP contribution in [0.4, 0.5) is 10.5 Å². The molecule has 2 aromatic carbocycles. The van der Waals surface area contributed by atoms with Gasteiger partial charge < -0.3 is 15.5 Å². The summed E-state index contributed by atoms with van der Waals surface area (Å²) in [6, 6.07) is 17.2. The molecule has 1 aromatic heterocycles. The molecule has 3 amide bonds. The van der Waals surface area contributed by atoms with E-state index in [9.17, 15) is 9.59 Å². The summed E-state index contributed by atoms with van der Waals surface area (Å²) in [6.45, 7) is 3.15. The Balaban J connectivity index is 1.39. The SMILES string of the molecule is Cc1ccc(-c2csc(C(=O)N3CCCC[C@H]3CNC(=O)Nc3ccccc3)n2)cc1. The van der Waals surface area contributed by atoms with Crippen LogP contribution in [0.5, 0.6) is 0 Å². The zero-order valence-electron chi connectivity index (χ0n) is 17.5. The number of thiazole rings is 1. The standard InChI is InChI=1S/C24H26N4O2S/c1-17-10-12-18(13-11-17)21-16-31-22(27-21)23(29)28-14-6-5-9-20(28)15-25-24(30)26-19-7-3-2-4-8-19/h2-4,7-8,10-13,16,20H,5-6,9,14-15H2,1H3,(H2,25,26,30)/t20-/m0/s1. The summed E-state index contributed by atoms with van der Waals surface area (Å²) in [7, 11) is 0. The fourth-order valence-electron chi connectivity index (χ4n) is 3.74. The summed E-state index contributed by atoms with van der Waals surface area (Å²) in [5, 5.41) is 8.16. The van der Waals surface area contributed by atoms with Crippen molar-refractivity contribution in [1.82, 2.24) is 15.2 Å². The number of aromatic nitrogens is 1. The molecule has 1 aliphatic rings. The highest BCUT2D eigenvalue weighted by atomic mass is 32.1. The Morgan fingerprint density at radius 2 is 1.87 bits per heavy atom. The molecule has 3 aromatic rings. The maximum absolute atomic E-state index is 13.2. The number of amides is 3. The van der Waals surface area contributed by atoms with Gasteiger partial charge in [-0.1, -0.05) is 48.0 Å². The smallest absolute Gasteiger partial charge is 0.319 e. The van der Waals surface area contributed by atoms with Gasteiger partial charge in [-0.15, -0.1) is 11.3 Å². The van der Waals surface area contributed by atoms with Gasteiger partial charge in [0.25, 0.3) is 5.91 Å². The van der Waals surface area contributed by atoms with Gasteiger partial charge >= 0.3 is 6.03 Å². The largest absolute Gasteiger partial charge is 0.336 e. The summed E-state index contributed by atoms with van der Waals surface area (Å²) in [6.07, 6.45) is 2.88. The Kier molecular flexibility index (Phi) is 6.62. The maximum Gasteiger partial charge on any atom is 0.319 e. The van der Waals surface area contributed by atoms with Crippen molar-refractivity contribution in [2.45, 2.75) is 32.2 Å². The first-order valence-corrected chi connectivity index (χ1v) is 11.4. The number of nitrogens with one attached hydrogen (secondary N) is 2. The molecule has 6 nitrogen and oxygen atoms in total. The van der Waals surface area contributed by atoms with E-state index in [0.29, 0.717) is 18.1 Å². The van der Waals surface area contributed by atoms with Crippen molar-refractivity contribution in [2.24, 2.45) is 0 Å². The van der Waals surface area contributed by atoms with E-state index in [1.807, 2.05) is 71.8 Å². The molecule has 0 radical (unpaired) electrons. The monoisotopic (exact) mass is 434 g/mol. The van der Waals surface area contributed by atoms with Gasteiger partial charge in [-0.25, -0.2) is 9.78 Å². The molecule has 0 saturated carbocycles. The minimum absolute atomic E-state index is 0.0329. The lowest BCUT2D eigenvalue weighted by atomic mass is 10.0. The van der Waals surface area contributed by atoms with Crippen LogP contribution in [0.2, 0.25) is 0 Å². The van der Waals surface area contributed by atoms with Crippen LogP contribution in [-0.4, -0.2) is 41.0 Å². The molecule has 4 rings (SSSR count). The van der Waals surface area contributed by atoms with Gasteiger partial charge in [0, 0.05) is 35.8 Å². The van der Waals surface area contributed by atoms with Gasteiger partial charge in [-0.3, -0.25) is 4.79 Å². The average Bonchev–Trinajstić information content (AvgIpc) is 3.29. The fourth-order valence-corrected chi connectivity index (χ4v) is 4.52. The van der Waals surface area contributed by atoms with Crippen LogP contribution < -0.4 is 10.6 Å². The first kappa shape index (κ1) is 21.1. The van der Waals surface area contributed by atoms with Crippen LogP contribution in [0, 0.1) is 6.92 Å². The summed E-state index contributed by atoms with van der Waals surface area (Å²) in [4.78, 5) is 31.9. The molecule has 1 atom stereocenters. The molecular formula is C24H26N4O2S. The van der Waals surface area contributed by atoms with Crippen molar-refractivity contribution in [3.8, 4) is 11.3 Å². The van der Waals surface area contributed by atoms with Crippen molar-refractivity contribution in [1.29, 1.82) is 0 Å². The Hall–Kier alpha value is -3.19. The molecule has 1 fully saturated rings. The first-order valence-electron chi connectivity index (χ1n) is 10.5. The topological polar surface area (TPSA) is 74.3 Å². The molecule has 31 heavy (non-hydrogen) atoms. The number of likely N-dealkylation sites (tertiary alicyclic amines) is 1. The molecule has 0 bridgehead atoms. The Labute approximate surface area is 186 Å². The Morgan fingerprint density at radius 3 is 2.65 bits per heavy atom. The van der Waals surface area contributed by atoms with Gasteiger partial charge in [0.1, 0.15) is 0 Å². The highest BCUT2D eigenvalue weighted by molar-refractivity contribution is 7.12.